The molecular formula is C46H36O. The molecule has 226 valence electrons. The highest BCUT2D eigenvalue weighted by Crippen LogP contribution is 2.74. The summed E-state index contributed by atoms with van der Waals surface area (Å²) in [7, 11) is 0. The Morgan fingerprint density at radius 1 is 0.723 bits per heavy atom. The molecule has 7 atom stereocenters. The molecule has 0 N–H and O–H groups in total. The summed E-state index contributed by atoms with van der Waals surface area (Å²) < 4.78 is 6.50. The lowest BCUT2D eigenvalue weighted by atomic mass is 9.56. The fourth-order valence-corrected chi connectivity index (χ4v) is 10.7. The van der Waals surface area contributed by atoms with Crippen LogP contribution in [0.2, 0.25) is 0 Å². The van der Waals surface area contributed by atoms with E-state index in [0.717, 1.165) is 30.8 Å². The van der Waals surface area contributed by atoms with Gasteiger partial charge in [0, 0.05) is 28.7 Å². The van der Waals surface area contributed by atoms with Gasteiger partial charge in [-0.15, -0.1) is 0 Å². The number of allylic oxidation sites excluding steroid dienone is 26. The molecule has 1 spiro atoms. The van der Waals surface area contributed by atoms with Gasteiger partial charge in [-0.2, -0.15) is 0 Å². The smallest absolute Gasteiger partial charge is 0.131 e. The summed E-state index contributed by atoms with van der Waals surface area (Å²) in [4.78, 5) is 0. The Balaban J connectivity index is 1.03. The van der Waals surface area contributed by atoms with Gasteiger partial charge < -0.3 is 4.74 Å². The molecule has 1 saturated carbocycles. The van der Waals surface area contributed by atoms with Crippen molar-refractivity contribution in [2.75, 3.05) is 0 Å². The molecule has 2 aromatic carbocycles. The molecule has 1 nitrogen and oxygen atoms in total. The fraction of sp³-hybridized carbons (Fsp3) is 0.217. The van der Waals surface area contributed by atoms with Crippen molar-refractivity contribution in [1.29, 1.82) is 0 Å². The first kappa shape index (κ1) is 26.2. The van der Waals surface area contributed by atoms with Crippen molar-refractivity contribution in [2.45, 2.75) is 25.2 Å². The summed E-state index contributed by atoms with van der Waals surface area (Å²) in [6.07, 6.45) is 46.0. The highest BCUT2D eigenvalue weighted by molar-refractivity contribution is 5.90. The zero-order valence-electron chi connectivity index (χ0n) is 26.4. The molecule has 47 heavy (non-hydrogen) atoms. The van der Waals surface area contributed by atoms with Crippen molar-refractivity contribution in [1.82, 2.24) is 0 Å². The van der Waals surface area contributed by atoms with Crippen LogP contribution in [0, 0.1) is 35.0 Å². The lowest BCUT2D eigenvalue weighted by Crippen LogP contribution is -2.37. The van der Waals surface area contributed by atoms with Gasteiger partial charge in [-0.25, -0.2) is 0 Å². The summed E-state index contributed by atoms with van der Waals surface area (Å²) in [6.45, 7) is 0. The highest BCUT2D eigenvalue weighted by atomic mass is 16.5. The molecule has 2 aromatic rings. The lowest BCUT2D eigenvalue weighted by Gasteiger charge is -2.47. The summed E-state index contributed by atoms with van der Waals surface area (Å²) in [5, 5.41) is 2.61. The molecule has 8 aliphatic carbocycles. The molecule has 9 aliphatic rings. The van der Waals surface area contributed by atoms with Crippen molar-refractivity contribution in [3.05, 3.63) is 196 Å². The maximum Gasteiger partial charge on any atom is 0.131 e. The van der Waals surface area contributed by atoms with E-state index in [0.29, 0.717) is 29.6 Å². The molecule has 11 rings (SSSR count). The average Bonchev–Trinajstić information content (AvgIpc) is 3.60. The van der Waals surface area contributed by atoms with E-state index in [1.165, 1.54) is 44.2 Å². The van der Waals surface area contributed by atoms with Gasteiger partial charge in [0.25, 0.3) is 0 Å². The van der Waals surface area contributed by atoms with Crippen molar-refractivity contribution >= 4 is 10.8 Å². The van der Waals surface area contributed by atoms with Crippen LogP contribution >= 0.6 is 0 Å². The third kappa shape index (κ3) is 3.50. The second kappa shape index (κ2) is 9.58. The van der Waals surface area contributed by atoms with Gasteiger partial charge in [0.2, 0.25) is 0 Å². The van der Waals surface area contributed by atoms with E-state index in [2.05, 4.69) is 146 Å². The molecular weight excluding hydrogens is 569 g/mol. The third-order valence-electron chi connectivity index (χ3n) is 12.6. The predicted octanol–water partition coefficient (Wildman–Crippen LogP) is 10.8. The number of hydrogen-bond acceptors (Lipinski definition) is 1. The number of rotatable bonds is 2. The Bertz CT molecular complexity index is 2220. The van der Waals surface area contributed by atoms with Gasteiger partial charge >= 0.3 is 0 Å². The second-order valence-corrected chi connectivity index (χ2v) is 14.6. The normalized spacial score (nSPS) is 34.6. The largest absolute Gasteiger partial charge is 0.461 e. The van der Waals surface area contributed by atoms with Crippen LogP contribution in [-0.4, -0.2) is 0 Å². The fourth-order valence-electron chi connectivity index (χ4n) is 10.7. The Kier molecular flexibility index (Phi) is 5.34. The van der Waals surface area contributed by atoms with Gasteiger partial charge in [0.05, 0.1) is 5.92 Å². The molecule has 1 fully saturated rings. The van der Waals surface area contributed by atoms with Crippen LogP contribution in [-0.2, 0) is 0 Å². The molecule has 1 heterocycles. The summed E-state index contributed by atoms with van der Waals surface area (Å²) in [5.74, 6) is 4.67. The first-order valence-electron chi connectivity index (χ1n) is 17.5. The molecule has 0 radical (unpaired) electrons. The maximum absolute atomic E-state index is 6.50. The quantitative estimate of drug-likeness (QED) is 0.331. The molecule has 0 amide bonds. The summed E-state index contributed by atoms with van der Waals surface area (Å²) in [6, 6.07) is 13.2. The molecule has 0 bridgehead atoms. The minimum atomic E-state index is 0.134. The zero-order valence-corrected chi connectivity index (χ0v) is 26.4. The Morgan fingerprint density at radius 2 is 1.62 bits per heavy atom. The van der Waals surface area contributed by atoms with Gasteiger partial charge in [-0.3, -0.25) is 0 Å². The Labute approximate surface area is 276 Å². The number of ether oxygens (including phenoxy) is 1. The molecule has 1 aliphatic heterocycles. The summed E-state index contributed by atoms with van der Waals surface area (Å²) in [5.41, 5.74) is 12.3. The van der Waals surface area contributed by atoms with E-state index in [4.69, 9.17) is 4.74 Å². The zero-order chi connectivity index (χ0) is 30.7. The maximum atomic E-state index is 6.50. The number of fused-ring (bicyclic) bond motifs is 12. The van der Waals surface area contributed by atoms with E-state index in [1.807, 2.05) is 0 Å². The van der Waals surface area contributed by atoms with Crippen molar-refractivity contribution in [3.8, 4) is 5.75 Å². The standard InChI is InChI=1S/C46H36O/c1-3-13-31-28(11-1)21-25-41-44(31)37-27-30(22-24-40(37)47-41)42-33-15-5-7-17-35(33)43(36-18-8-6-16-34(36)42)38-19-9-10-26-46(38)39-23-20-29-12-2-4-14-32(29)45(39)46/h1-17,19-25,32,35-37,43,45H,18,26-27H2. The predicted molar refractivity (Wildman–Crippen MR) is 191 cm³/mol. The lowest BCUT2D eigenvalue weighted by molar-refractivity contribution is 0.309. The molecule has 1 heteroatoms. The van der Waals surface area contributed by atoms with Crippen molar-refractivity contribution in [2.24, 2.45) is 35.0 Å². The van der Waals surface area contributed by atoms with Crippen molar-refractivity contribution < 1.29 is 4.74 Å². The van der Waals surface area contributed by atoms with Gasteiger partial charge in [0.1, 0.15) is 11.5 Å². The minimum absolute atomic E-state index is 0.134. The van der Waals surface area contributed by atoms with E-state index < -0.39 is 0 Å². The summed E-state index contributed by atoms with van der Waals surface area (Å²) >= 11 is 0. The van der Waals surface area contributed by atoms with Crippen LogP contribution in [0.1, 0.15) is 30.7 Å². The molecule has 0 saturated heterocycles. The van der Waals surface area contributed by atoms with E-state index >= 15 is 0 Å². The molecule has 0 aromatic heterocycles. The van der Waals surface area contributed by atoms with Crippen LogP contribution in [0.4, 0.5) is 0 Å². The first-order chi connectivity index (χ1) is 23.3. The minimum Gasteiger partial charge on any atom is -0.461 e. The Hall–Kier alpha value is -4.88. The van der Waals surface area contributed by atoms with Gasteiger partial charge in [-0.05, 0) is 81.9 Å². The van der Waals surface area contributed by atoms with Gasteiger partial charge in [0.15, 0.2) is 0 Å². The van der Waals surface area contributed by atoms with E-state index in [9.17, 15) is 0 Å². The highest BCUT2D eigenvalue weighted by Gasteiger charge is 2.66. The van der Waals surface area contributed by atoms with Crippen LogP contribution in [0.3, 0.4) is 0 Å². The van der Waals surface area contributed by atoms with Crippen LogP contribution in [0.15, 0.2) is 191 Å². The SMILES string of the molecule is C1=CCC2C(=C1)C(C1=CC=C3Oc4ccc5ccccc5c4C3C1)=C1C=CC=CC1C2C1=CC=CCC12C1=CC=C3C=CC=CC3C12. The average molecular weight is 605 g/mol. The van der Waals surface area contributed by atoms with Gasteiger partial charge in [-0.1, -0.05) is 145 Å². The van der Waals surface area contributed by atoms with E-state index in [-0.39, 0.29) is 11.3 Å². The topological polar surface area (TPSA) is 9.23 Å². The van der Waals surface area contributed by atoms with Crippen LogP contribution in [0.25, 0.3) is 10.8 Å². The third-order valence-corrected chi connectivity index (χ3v) is 12.6. The monoisotopic (exact) mass is 604 g/mol. The first-order valence-corrected chi connectivity index (χ1v) is 17.5. The molecule has 7 unspecified atom stereocenters. The Morgan fingerprint density at radius 3 is 2.60 bits per heavy atom. The van der Waals surface area contributed by atoms with Crippen LogP contribution in [0.5, 0.6) is 5.75 Å². The van der Waals surface area contributed by atoms with Crippen LogP contribution < -0.4 is 4.74 Å². The second-order valence-electron chi connectivity index (χ2n) is 14.6. The number of hydrogen-bond donors (Lipinski definition) is 0. The van der Waals surface area contributed by atoms with E-state index in [1.54, 1.807) is 11.1 Å². The number of benzene rings is 2. The van der Waals surface area contributed by atoms with Crippen molar-refractivity contribution in [3.63, 3.8) is 0 Å².